The van der Waals surface area contributed by atoms with E-state index in [2.05, 4.69) is 15.2 Å². The zero-order valence-electron chi connectivity index (χ0n) is 9.70. The lowest BCUT2D eigenvalue weighted by molar-refractivity contribution is -0.0267. The zero-order chi connectivity index (χ0) is 12.1. The van der Waals surface area contributed by atoms with Crippen LogP contribution in [0.1, 0.15) is 12.1 Å². The van der Waals surface area contributed by atoms with Crippen molar-refractivity contribution in [1.82, 2.24) is 15.2 Å². The summed E-state index contributed by atoms with van der Waals surface area (Å²) in [5, 5.41) is 3.20. The van der Waals surface area contributed by atoms with Gasteiger partial charge < -0.3 is 10.2 Å². The van der Waals surface area contributed by atoms with Gasteiger partial charge >= 0.3 is 0 Å². The number of hydrogen-bond acceptors (Lipinski definition) is 3. The molecule has 0 atom stereocenters. The van der Waals surface area contributed by atoms with Gasteiger partial charge in [-0.2, -0.15) is 8.78 Å². The van der Waals surface area contributed by atoms with Gasteiger partial charge in [0.05, 0.1) is 0 Å². The number of piperazine rings is 1. The van der Waals surface area contributed by atoms with Gasteiger partial charge in [0, 0.05) is 45.3 Å². The van der Waals surface area contributed by atoms with Gasteiger partial charge in [0.1, 0.15) is 5.69 Å². The molecule has 1 aromatic heterocycles. The molecule has 0 unspecified atom stereocenters. The van der Waals surface area contributed by atoms with E-state index in [-0.39, 0.29) is 12.1 Å². The molecular formula is C12H17F2N3. The smallest absolute Gasteiger partial charge is 0.290 e. The third-order valence-corrected chi connectivity index (χ3v) is 2.99. The highest BCUT2D eigenvalue weighted by Crippen LogP contribution is 2.29. The molecule has 1 fully saturated rings. The van der Waals surface area contributed by atoms with Crippen LogP contribution >= 0.6 is 0 Å². The second kappa shape index (κ2) is 5.51. The maximum atomic E-state index is 13.8. The highest BCUT2D eigenvalue weighted by Gasteiger charge is 2.33. The van der Waals surface area contributed by atoms with Gasteiger partial charge in [0.2, 0.25) is 0 Å². The zero-order valence-corrected chi connectivity index (χ0v) is 9.70. The van der Waals surface area contributed by atoms with Crippen LogP contribution < -0.4 is 5.32 Å². The molecule has 0 aromatic carbocycles. The fourth-order valence-corrected chi connectivity index (χ4v) is 1.94. The fourth-order valence-electron chi connectivity index (χ4n) is 1.94. The minimum Gasteiger partial charge on any atom is -0.314 e. The number of pyridine rings is 1. The van der Waals surface area contributed by atoms with Crippen LogP contribution in [0, 0.1) is 0 Å². The first kappa shape index (κ1) is 12.4. The van der Waals surface area contributed by atoms with E-state index in [0.29, 0.717) is 6.54 Å². The predicted molar refractivity (Wildman–Crippen MR) is 62.1 cm³/mol. The maximum Gasteiger partial charge on any atom is 0.290 e. The number of nitrogens with one attached hydrogen (secondary N) is 1. The molecule has 1 N–H and O–H groups in total. The van der Waals surface area contributed by atoms with E-state index < -0.39 is 5.92 Å². The lowest BCUT2D eigenvalue weighted by atomic mass is 10.1. The summed E-state index contributed by atoms with van der Waals surface area (Å²) in [4.78, 5) is 5.80. The van der Waals surface area contributed by atoms with Crippen molar-refractivity contribution >= 4 is 0 Å². The highest BCUT2D eigenvalue weighted by atomic mass is 19.3. The van der Waals surface area contributed by atoms with E-state index in [1.807, 2.05) is 0 Å². The minimum atomic E-state index is -2.83. The number of alkyl halides is 2. The van der Waals surface area contributed by atoms with Gasteiger partial charge in [-0.05, 0) is 12.1 Å². The summed E-state index contributed by atoms with van der Waals surface area (Å²) < 4.78 is 27.6. The Morgan fingerprint density at radius 2 is 2.06 bits per heavy atom. The molecule has 94 valence electrons. The predicted octanol–water partition coefficient (Wildman–Crippen LogP) is 1.47. The molecule has 1 aliphatic heterocycles. The SMILES string of the molecule is FC(F)(CCN1CCNCC1)c1ccccn1. The van der Waals surface area contributed by atoms with Crippen LogP contribution in [0.25, 0.3) is 0 Å². The summed E-state index contributed by atoms with van der Waals surface area (Å²) >= 11 is 0. The van der Waals surface area contributed by atoms with Crippen molar-refractivity contribution in [3.8, 4) is 0 Å². The molecule has 2 rings (SSSR count). The van der Waals surface area contributed by atoms with E-state index >= 15 is 0 Å². The Labute approximate surface area is 99.8 Å². The summed E-state index contributed by atoms with van der Waals surface area (Å²) in [6, 6.07) is 4.63. The Morgan fingerprint density at radius 3 is 2.71 bits per heavy atom. The van der Waals surface area contributed by atoms with Gasteiger partial charge in [-0.15, -0.1) is 0 Å². The van der Waals surface area contributed by atoms with Crippen molar-refractivity contribution in [2.24, 2.45) is 0 Å². The average molecular weight is 241 g/mol. The number of rotatable bonds is 4. The number of hydrogen-bond donors (Lipinski definition) is 1. The van der Waals surface area contributed by atoms with Gasteiger partial charge in [-0.25, -0.2) is 0 Å². The molecule has 0 radical (unpaired) electrons. The van der Waals surface area contributed by atoms with Gasteiger partial charge in [-0.1, -0.05) is 6.07 Å². The van der Waals surface area contributed by atoms with E-state index in [4.69, 9.17) is 0 Å². The van der Waals surface area contributed by atoms with E-state index in [1.165, 1.54) is 12.3 Å². The van der Waals surface area contributed by atoms with Crippen molar-refractivity contribution in [3.05, 3.63) is 30.1 Å². The van der Waals surface area contributed by atoms with Crippen molar-refractivity contribution in [3.63, 3.8) is 0 Å². The van der Waals surface area contributed by atoms with Crippen LogP contribution in [0.4, 0.5) is 8.78 Å². The Bertz CT molecular complexity index is 337. The molecule has 0 amide bonds. The Morgan fingerprint density at radius 1 is 1.29 bits per heavy atom. The van der Waals surface area contributed by atoms with E-state index in [0.717, 1.165) is 26.2 Å². The first-order chi connectivity index (χ1) is 8.18. The first-order valence-electron chi connectivity index (χ1n) is 5.91. The van der Waals surface area contributed by atoms with Crippen LogP contribution in [-0.2, 0) is 5.92 Å². The second-order valence-corrected chi connectivity index (χ2v) is 4.26. The molecule has 0 aliphatic carbocycles. The van der Waals surface area contributed by atoms with Crippen molar-refractivity contribution in [2.75, 3.05) is 32.7 Å². The van der Waals surface area contributed by atoms with Crippen LogP contribution in [0.2, 0.25) is 0 Å². The molecule has 0 bridgehead atoms. The first-order valence-corrected chi connectivity index (χ1v) is 5.91. The van der Waals surface area contributed by atoms with Crippen molar-refractivity contribution in [2.45, 2.75) is 12.3 Å². The third-order valence-electron chi connectivity index (χ3n) is 2.99. The quantitative estimate of drug-likeness (QED) is 0.865. The Hall–Kier alpha value is -1.07. The summed E-state index contributed by atoms with van der Waals surface area (Å²) in [5.41, 5.74) is -0.130. The average Bonchev–Trinajstić information content (AvgIpc) is 2.39. The van der Waals surface area contributed by atoms with Crippen molar-refractivity contribution in [1.29, 1.82) is 0 Å². The Kier molecular flexibility index (Phi) is 4.02. The second-order valence-electron chi connectivity index (χ2n) is 4.26. The molecule has 1 saturated heterocycles. The van der Waals surface area contributed by atoms with Crippen molar-refractivity contribution < 1.29 is 8.78 Å². The summed E-state index contributed by atoms with van der Waals surface area (Å²) in [7, 11) is 0. The summed E-state index contributed by atoms with van der Waals surface area (Å²) in [6.45, 7) is 3.88. The molecule has 3 nitrogen and oxygen atoms in total. The van der Waals surface area contributed by atoms with Crippen LogP contribution in [0.3, 0.4) is 0 Å². The maximum absolute atomic E-state index is 13.8. The standard InChI is InChI=1S/C12H17F2N3/c13-12(14,11-3-1-2-5-16-11)4-8-17-9-6-15-7-10-17/h1-3,5,15H,4,6-10H2. The molecule has 0 saturated carbocycles. The molecule has 17 heavy (non-hydrogen) atoms. The third kappa shape index (κ3) is 3.44. The Balaban J connectivity index is 1.88. The number of nitrogens with zero attached hydrogens (tertiary/aromatic N) is 2. The molecule has 0 spiro atoms. The van der Waals surface area contributed by atoms with Crippen LogP contribution in [-0.4, -0.2) is 42.6 Å². The fraction of sp³-hybridized carbons (Fsp3) is 0.583. The summed E-state index contributed by atoms with van der Waals surface area (Å²) in [6.07, 6.45) is 1.25. The van der Waals surface area contributed by atoms with Gasteiger partial charge in [0.25, 0.3) is 5.92 Å². The number of halogens is 2. The van der Waals surface area contributed by atoms with E-state index in [1.54, 1.807) is 12.1 Å². The monoisotopic (exact) mass is 241 g/mol. The van der Waals surface area contributed by atoms with Crippen LogP contribution in [0.5, 0.6) is 0 Å². The van der Waals surface area contributed by atoms with E-state index in [9.17, 15) is 8.78 Å². The highest BCUT2D eigenvalue weighted by molar-refractivity contribution is 5.09. The molecule has 1 aromatic rings. The number of aromatic nitrogens is 1. The van der Waals surface area contributed by atoms with Gasteiger partial charge in [-0.3, -0.25) is 4.98 Å². The lowest BCUT2D eigenvalue weighted by Crippen LogP contribution is -2.44. The molecule has 2 heterocycles. The topological polar surface area (TPSA) is 28.2 Å². The summed E-state index contributed by atoms with van der Waals surface area (Å²) in [5.74, 6) is -2.83. The lowest BCUT2D eigenvalue weighted by Gasteiger charge is -2.28. The minimum absolute atomic E-state index is 0.130. The molecule has 1 aliphatic rings. The van der Waals surface area contributed by atoms with Crippen LogP contribution in [0.15, 0.2) is 24.4 Å². The largest absolute Gasteiger partial charge is 0.314 e. The van der Waals surface area contributed by atoms with Gasteiger partial charge in [0.15, 0.2) is 0 Å². The normalized spacial score (nSPS) is 18.2. The molecular weight excluding hydrogens is 224 g/mol. The molecule has 5 heteroatoms.